The predicted octanol–water partition coefficient (Wildman–Crippen LogP) is 2.47. The van der Waals surface area contributed by atoms with Crippen LogP contribution in [0.2, 0.25) is 0 Å². The summed E-state index contributed by atoms with van der Waals surface area (Å²) in [6, 6.07) is 2.26. The molecule has 0 spiro atoms. The van der Waals surface area contributed by atoms with Gasteiger partial charge >= 0.3 is 0 Å². The first-order valence-corrected chi connectivity index (χ1v) is 5.97. The Bertz CT molecular complexity index is 418. The standard InChI is InChI=1S/C11H12N2S/c1-7-9(6-12)11(14-2)8-4-3-5-10(8)13-7/h3-5H2,1-2H3. The van der Waals surface area contributed by atoms with E-state index in [4.69, 9.17) is 5.26 Å². The Balaban J connectivity index is 2.70. The largest absolute Gasteiger partial charge is 0.256 e. The van der Waals surface area contributed by atoms with E-state index in [0.29, 0.717) is 0 Å². The number of nitrogens with zero attached hydrogens (tertiary/aromatic N) is 2. The van der Waals surface area contributed by atoms with Crippen molar-refractivity contribution in [3.8, 4) is 6.07 Å². The molecule has 0 fully saturated rings. The van der Waals surface area contributed by atoms with E-state index in [1.807, 2.05) is 13.2 Å². The van der Waals surface area contributed by atoms with Gasteiger partial charge in [-0.1, -0.05) is 0 Å². The monoisotopic (exact) mass is 204 g/mol. The summed E-state index contributed by atoms with van der Waals surface area (Å²) in [7, 11) is 0. The molecule has 1 aliphatic rings. The number of pyridine rings is 1. The Kier molecular flexibility index (Phi) is 2.47. The number of rotatable bonds is 1. The Hall–Kier alpha value is -1.01. The van der Waals surface area contributed by atoms with E-state index in [1.165, 1.54) is 17.7 Å². The third-order valence-corrected chi connectivity index (χ3v) is 3.53. The van der Waals surface area contributed by atoms with Crippen molar-refractivity contribution in [3.63, 3.8) is 0 Å². The van der Waals surface area contributed by atoms with Gasteiger partial charge in [0.2, 0.25) is 0 Å². The van der Waals surface area contributed by atoms with Crippen molar-refractivity contribution in [2.45, 2.75) is 31.1 Å². The summed E-state index contributed by atoms with van der Waals surface area (Å²) in [4.78, 5) is 5.66. The Labute approximate surface area is 88.4 Å². The van der Waals surface area contributed by atoms with Crippen LogP contribution in [0.25, 0.3) is 0 Å². The molecule has 0 N–H and O–H groups in total. The molecule has 2 nitrogen and oxygen atoms in total. The fourth-order valence-electron chi connectivity index (χ4n) is 2.03. The second kappa shape index (κ2) is 3.62. The number of fused-ring (bicyclic) bond motifs is 1. The quantitative estimate of drug-likeness (QED) is 0.659. The summed E-state index contributed by atoms with van der Waals surface area (Å²) in [5.41, 5.74) is 4.20. The first-order chi connectivity index (χ1) is 6.77. The van der Waals surface area contributed by atoms with Crippen LogP contribution in [-0.2, 0) is 12.8 Å². The number of aryl methyl sites for hydroxylation is 2. The van der Waals surface area contributed by atoms with Gasteiger partial charge in [-0.05, 0) is 38.0 Å². The average molecular weight is 204 g/mol. The smallest absolute Gasteiger partial charge is 0.102 e. The van der Waals surface area contributed by atoms with Gasteiger partial charge in [0.15, 0.2) is 0 Å². The average Bonchev–Trinajstić information content (AvgIpc) is 2.62. The van der Waals surface area contributed by atoms with Crippen molar-refractivity contribution in [1.29, 1.82) is 5.26 Å². The summed E-state index contributed by atoms with van der Waals surface area (Å²) < 4.78 is 0. The molecule has 0 aromatic carbocycles. The lowest BCUT2D eigenvalue weighted by Gasteiger charge is -2.09. The van der Waals surface area contributed by atoms with Gasteiger partial charge in [0.1, 0.15) is 6.07 Å². The zero-order chi connectivity index (χ0) is 10.1. The maximum absolute atomic E-state index is 9.06. The first-order valence-electron chi connectivity index (χ1n) is 4.74. The second-order valence-electron chi connectivity index (χ2n) is 3.50. The Morgan fingerprint density at radius 1 is 1.43 bits per heavy atom. The van der Waals surface area contributed by atoms with E-state index < -0.39 is 0 Å². The van der Waals surface area contributed by atoms with Gasteiger partial charge in [0.05, 0.1) is 11.3 Å². The van der Waals surface area contributed by atoms with E-state index in [0.717, 1.165) is 29.0 Å². The molecular weight excluding hydrogens is 192 g/mol. The van der Waals surface area contributed by atoms with Crippen LogP contribution in [0.1, 0.15) is 28.9 Å². The third-order valence-electron chi connectivity index (χ3n) is 2.67. The van der Waals surface area contributed by atoms with Crippen molar-refractivity contribution in [2.24, 2.45) is 0 Å². The maximum atomic E-state index is 9.06. The molecule has 1 aliphatic carbocycles. The van der Waals surface area contributed by atoms with Crippen molar-refractivity contribution in [3.05, 3.63) is 22.5 Å². The first kappa shape index (κ1) is 9.54. The van der Waals surface area contributed by atoms with Gasteiger partial charge in [0, 0.05) is 10.6 Å². The molecule has 1 aromatic heterocycles. The molecule has 0 radical (unpaired) electrons. The molecule has 72 valence electrons. The summed E-state index contributed by atoms with van der Waals surface area (Å²) in [5.74, 6) is 0. The number of hydrogen-bond acceptors (Lipinski definition) is 3. The molecule has 3 heteroatoms. The number of thioether (sulfide) groups is 1. The molecule has 14 heavy (non-hydrogen) atoms. The molecular formula is C11H12N2S. The van der Waals surface area contributed by atoms with Crippen LogP contribution in [0.15, 0.2) is 4.90 Å². The highest BCUT2D eigenvalue weighted by Crippen LogP contribution is 2.33. The minimum absolute atomic E-state index is 0.776. The van der Waals surface area contributed by atoms with Crippen LogP contribution in [-0.4, -0.2) is 11.2 Å². The van der Waals surface area contributed by atoms with E-state index in [-0.39, 0.29) is 0 Å². The van der Waals surface area contributed by atoms with Gasteiger partial charge < -0.3 is 0 Å². The van der Waals surface area contributed by atoms with Crippen LogP contribution in [0.3, 0.4) is 0 Å². The lowest BCUT2D eigenvalue weighted by Crippen LogP contribution is -1.99. The van der Waals surface area contributed by atoms with E-state index >= 15 is 0 Å². The fraction of sp³-hybridized carbons (Fsp3) is 0.455. The van der Waals surface area contributed by atoms with Crippen LogP contribution in [0.4, 0.5) is 0 Å². The minimum Gasteiger partial charge on any atom is -0.256 e. The predicted molar refractivity (Wildman–Crippen MR) is 57.5 cm³/mol. The number of hydrogen-bond donors (Lipinski definition) is 0. The lowest BCUT2D eigenvalue weighted by molar-refractivity contribution is 0.895. The molecule has 0 amide bonds. The van der Waals surface area contributed by atoms with Gasteiger partial charge in [0.25, 0.3) is 0 Å². The van der Waals surface area contributed by atoms with Crippen molar-refractivity contribution < 1.29 is 0 Å². The SMILES string of the molecule is CSc1c(C#N)c(C)nc2c1CCC2. The highest BCUT2D eigenvalue weighted by Gasteiger charge is 2.20. The zero-order valence-corrected chi connectivity index (χ0v) is 9.24. The molecule has 1 aromatic rings. The Morgan fingerprint density at radius 2 is 2.21 bits per heavy atom. The number of aromatic nitrogens is 1. The van der Waals surface area contributed by atoms with Gasteiger partial charge in [-0.15, -0.1) is 11.8 Å². The maximum Gasteiger partial charge on any atom is 0.102 e. The topological polar surface area (TPSA) is 36.7 Å². The molecule has 2 rings (SSSR count). The lowest BCUT2D eigenvalue weighted by atomic mass is 10.1. The van der Waals surface area contributed by atoms with E-state index in [9.17, 15) is 0 Å². The highest BCUT2D eigenvalue weighted by atomic mass is 32.2. The Morgan fingerprint density at radius 3 is 2.86 bits per heavy atom. The zero-order valence-electron chi connectivity index (χ0n) is 8.42. The van der Waals surface area contributed by atoms with Crippen molar-refractivity contribution in [1.82, 2.24) is 4.98 Å². The molecule has 0 unspecified atom stereocenters. The molecule has 0 saturated heterocycles. The van der Waals surface area contributed by atoms with Gasteiger partial charge in [-0.25, -0.2) is 0 Å². The normalized spacial score (nSPS) is 13.8. The van der Waals surface area contributed by atoms with E-state index in [1.54, 1.807) is 11.8 Å². The minimum atomic E-state index is 0.776. The van der Waals surface area contributed by atoms with Crippen molar-refractivity contribution in [2.75, 3.05) is 6.26 Å². The second-order valence-corrected chi connectivity index (χ2v) is 4.31. The molecule has 0 bridgehead atoms. The summed E-state index contributed by atoms with van der Waals surface area (Å²) in [6.07, 6.45) is 5.39. The summed E-state index contributed by atoms with van der Waals surface area (Å²) >= 11 is 1.68. The van der Waals surface area contributed by atoms with Gasteiger partial charge in [-0.3, -0.25) is 4.98 Å². The third kappa shape index (κ3) is 1.31. The van der Waals surface area contributed by atoms with Crippen LogP contribution < -0.4 is 0 Å². The van der Waals surface area contributed by atoms with Crippen LogP contribution in [0, 0.1) is 18.3 Å². The van der Waals surface area contributed by atoms with Crippen LogP contribution in [0.5, 0.6) is 0 Å². The fourth-order valence-corrected chi connectivity index (χ4v) is 2.89. The molecule has 1 heterocycles. The molecule has 0 saturated carbocycles. The molecule has 0 atom stereocenters. The molecule has 0 aliphatic heterocycles. The summed E-state index contributed by atoms with van der Waals surface area (Å²) in [6.45, 7) is 1.93. The number of nitriles is 1. The van der Waals surface area contributed by atoms with Crippen molar-refractivity contribution >= 4 is 11.8 Å². The highest BCUT2D eigenvalue weighted by molar-refractivity contribution is 7.98. The summed E-state index contributed by atoms with van der Waals surface area (Å²) in [5, 5.41) is 9.06. The van der Waals surface area contributed by atoms with Gasteiger partial charge in [-0.2, -0.15) is 5.26 Å². The van der Waals surface area contributed by atoms with Crippen LogP contribution >= 0.6 is 11.8 Å². The van der Waals surface area contributed by atoms with E-state index in [2.05, 4.69) is 11.1 Å².